The van der Waals surface area contributed by atoms with E-state index in [1.54, 1.807) is 33.8 Å². The molecule has 0 spiro atoms. The number of hydrogen-bond acceptors (Lipinski definition) is 7. The highest BCUT2D eigenvalue weighted by Crippen LogP contribution is 2.40. The molecule has 1 aliphatic rings. The Balaban J connectivity index is 1.71. The van der Waals surface area contributed by atoms with Crippen molar-refractivity contribution in [2.45, 2.75) is 50.2 Å². The summed E-state index contributed by atoms with van der Waals surface area (Å²) in [6.45, 7) is 4.71. The van der Waals surface area contributed by atoms with Gasteiger partial charge >= 0.3 is 0 Å². The number of hydrogen-bond donors (Lipinski definition) is 0. The molecule has 0 aliphatic heterocycles. The minimum absolute atomic E-state index is 0.00379. The van der Waals surface area contributed by atoms with E-state index in [9.17, 15) is 8.42 Å². The SMILES string of the molecule is CC(C)Cn1ncnc1CS(=O)(=O)c1nnc(-c2ccncc2)n1C1CC1. The van der Waals surface area contributed by atoms with Crippen molar-refractivity contribution in [3.63, 3.8) is 0 Å². The molecule has 9 nitrogen and oxygen atoms in total. The second-order valence-electron chi connectivity index (χ2n) is 7.15. The average molecular weight is 387 g/mol. The molecule has 10 heteroatoms. The smallest absolute Gasteiger partial charge is 0.250 e. The molecule has 3 aromatic heterocycles. The van der Waals surface area contributed by atoms with Crippen LogP contribution in [0, 0.1) is 5.92 Å². The fourth-order valence-corrected chi connectivity index (χ4v) is 4.37. The van der Waals surface area contributed by atoms with Gasteiger partial charge in [0.2, 0.25) is 9.84 Å². The van der Waals surface area contributed by atoms with Crippen LogP contribution in [0.25, 0.3) is 11.4 Å². The van der Waals surface area contributed by atoms with E-state index in [4.69, 9.17) is 0 Å². The Bertz CT molecular complexity index is 1040. The van der Waals surface area contributed by atoms with Crippen molar-refractivity contribution in [3.05, 3.63) is 36.7 Å². The Morgan fingerprint density at radius 3 is 2.59 bits per heavy atom. The lowest BCUT2D eigenvalue weighted by Gasteiger charge is -2.11. The Morgan fingerprint density at radius 2 is 1.93 bits per heavy atom. The van der Waals surface area contributed by atoms with Crippen LogP contribution in [0.2, 0.25) is 0 Å². The Kier molecular flexibility index (Phi) is 4.50. The van der Waals surface area contributed by atoms with Crippen LogP contribution in [-0.2, 0) is 22.1 Å². The third kappa shape index (κ3) is 3.61. The Hall–Kier alpha value is -2.62. The van der Waals surface area contributed by atoms with E-state index >= 15 is 0 Å². The third-order valence-corrected chi connectivity index (χ3v) is 5.82. The van der Waals surface area contributed by atoms with Crippen LogP contribution in [-0.4, -0.2) is 42.9 Å². The number of sulfone groups is 1. The Morgan fingerprint density at radius 1 is 1.19 bits per heavy atom. The molecule has 0 aromatic carbocycles. The summed E-state index contributed by atoms with van der Waals surface area (Å²) in [5, 5.41) is 12.4. The van der Waals surface area contributed by atoms with Crippen molar-refractivity contribution in [2.75, 3.05) is 0 Å². The molecule has 4 rings (SSSR count). The third-order valence-electron chi connectivity index (χ3n) is 4.35. The molecule has 142 valence electrons. The van der Waals surface area contributed by atoms with Gasteiger partial charge in [0, 0.05) is 30.5 Å². The van der Waals surface area contributed by atoms with Gasteiger partial charge < -0.3 is 0 Å². The molecular weight excluding hydrogens is 366 g/mol. The highest BCUT2D eigenvalue weighted by molar-refractivity contribution is 7.90. The van der Waals surface area contributed by atoms with Crippen LogP contribution in [0.15, 0.2) is 36.0 Å². The summed E-state index contributed by atoms with van der Waals surface area (Å²) in [4.78, 5) is 8.15. The minimum atomic E-state index is -3.71. The van der Waals surface area contributed by atoms with Gasteiger partial charge in [-0.2, -0.15) is 5.10 Å². The van der Waals surface area contributed by atoms with E-state index in [-0.39, 0.29) is 17.0 Å². The molecule has 3 heterocycles. The van der Waals surface area contributed by atoms with Crippen molar-refractivity contribution < 1.29 is 8.42 Å². The molecule has 0 unspecified atom stereocenters. The van der Waals surface area contributed by atoms with E-state index in [2.05, 4.69) is 25.3 Å². The van der Waals surface area contributed by atoms with Crippen LogP contribution in [0.5, 0.6) is 0 Å². The summed E-state index contributed by atoms with van der Waals surface area (Å²) in [5.74, 6) is 1.06. The fraction of sp³-hybridized carbons (Fsp3) is 0.471. The highest BCUT2D eigenvalue weighted by atomic mass is 32.2. The average Bonchev–Trinajstić information content (AvgIpc) is 3.23. The first kappa shape index (κ1) is 17.8. The van der Waals surface area contributed by atoms with Crippen LogP contribution in [0.1, 0.15) is 38.6 Å². The molecule has 0 bridgehead atoms. The molecule has 3 aromatic rings. The predicted octanol–water partition coefficient (Wildman–Crippen LogP) is 1.90. The van der Waals surface area contributed by atoms with Crippen molar-refractivity contribution in [2.24, 2.45) is 5.92 Å². The summed E-state index contributed by atoms with van der Waals surface area (Å²) >= 11 is 0. The summed E-state index contributed by atoms with van der Waals surface area (Å²) in [6.07, 6.45) is 6.54. The first-order chi connectivity index (χ1) is 13.0. The number of pyridine rings is 1. The van der Waals surface area contributed by atoms with Crippen LogP contribution < -0.4 is 0 Å². The molecule has 1 saturated carbocycles. The lowest BCUT2D eigenvalue weighted by Crippen LogP contribution is -2.17. The maximum atomic E-state index is 13.1. The second-order valence-corrected chi connectivity index (χ2v) is 9.04. The standard InChI is InChI=1S/C17H21N7O2S/c1-12(2)9-23-15(19-11-20-23)10-27(25,26)17-22-21-16(24(17)14-3-4-14)13-5-7-18-8-6-13/h5-8,11-12,14H,3-4,9-10H2,1-2H3. The monoisotopic (exact) mass is 387 g/mol. The molecule has 0 N–H and O–H groups in total. The van der Waals surface area contributed by atoms with E-state index in [1.807, 2.05) is 13.8 Å². The van der Waals surface area contributed by atoms with Crippen molar-refractivity contribution in [3.8, 4) is 11.4 Å². The van der Waals surface area contributed by atoms with E-state index in [1.165, 1.54) is 6.33 Å². The van der Waals surface area contributed by atoms with Gasteiger partial charge in [-0.25, -0.2) is 18.1 Å². The molecule has 0 radical (unpaired) electrons. The lowest BCUT2D eigenvalue weighted by atomic mass is 10.2. The largest absolute Gasteiger partial charge is 0.295 e. The summed E-state index contributed by atoms with van der Waals surface area (Å²) in [6, 6.07) is 3.72. The summed E-state index contributed by atoms with van der Waals surface area (Å²) in [7, 11) is -3.71. The summed E-state index contributed by atoms with van der Waals surface area (Å²) < 4.78 is 29.6. The van der Waals surface area contributed by atoms with Crippen LogP contribution >= 0.6 is 0 Å². The zero-order valence-electron chi connectivity index (χ0n) is 15.2. The Labute approximate surface area is 157 Å². The van der Waals surface area contributed by atoms with E-state index < -0.39 is 9.84 Å². The van der Waals surface area contributed by atoms with Gasteiger partial charge in [-0.05, 0) is 30.9 Å². The number of nitrogens with zero attached hydrogens (tertiary/aromatic N) is 7. The molecule has 1 aliphatic carbocycles. The zero-order valence-corrected chi connectivity index (χ0v) is 16.0. The minimum Gasteiger partial charge on any atom is -0.295 e. The molecule has 1 fully saturated rings. The van der Waals surface area contributed by atoms with Gasteiger partial charge in [0.1, 0.15) is 17.9 Å². The predicted molar refractivity (Wildman–Crippen MR) is 97.3 cm³/mol. The quantitative estimate of drug-likeness (QED) is 0.609. The molecule has 27 heavy (non-hydrogen) atoms. The zero-order chi connectivity index (χ0) is 19.0. The first-order valence-corrected chi connectivity index (χ1v) is 10.6. The van der Waals surface area contributed by atoms with Crippen LogP contribution in [0.4, 0.5) is 0 Å². The fourth-order valence-electron chi connectivity index (χ4n) is 2.98. The number of rotatable bonds is 7. The lowest BCUT2D eigenvalue weighted by molar-refractivity contribution is 0.469. The van der Waals surface area contributed by atoms with Crippen LogP contribution in [0.3, 0.4) is 0 Å². The van der Waals surface area contributed by atoms with Gasteiger partial charge in [-0.1, -0.05) is 13.8 Å². The van der Waals surface area contributed by atoms with E-state index in [0.29, 0.717) is 24.1 Å². The van der Waals surface area contributed by atoms with Gasteiger partial charge in [-0.3, -0.25) is 9.55 Å². The summed E-state index contributed by atoms with van der Waals surface area (Å²) in [5.41, 5.74) is 0.800. The normalized spacial score (nSPS) is 14.8. The molecule has 0 saturated heterocycles. The van der Waals surface area contributed by atoms with Crippen molar-refractivity contribution in [1.29, 1.82) is 0 Å². The van der Waals surface area contributed by atoms with Gasteiger partial charge in [0.05, 0.1) is 0 Å². The van der Waals surface area contributed by atoms with Gasteiger partial charge in [-0.15, -0.1) is 10.2 Å². The topological polar surface area (TPSA) is 108 Å². The van der Waals surface area contributed by atoms with Crippen molar-refractivity contribution >= 4 is 9.84 Å². The van der Waals surface area contributed by atoms with E-state index in [0.717, 1.165) is 18.4 Å². The maximum absolute atomic E-state index is 13.1. The highest BCUT2D eigenvalue weighted by Gasteiger charge is 2.35. The van der Waals surface area contributed by atoms with Gasteiger partial charge in [0.25, 0.3) is 5.16 Å². The molecule has 0 amide bonds. The number of aromatic nitrogens is 7. The van der Waals surface area contributed by atoms with Crippen molar-refractivity contribution in [1.82, 2.24) is 34.5 Å². The van der Waals surface area contributed by atoms with Gasteiger partial charge in [0.15, 0.2) is 5.82 Å². The molecule has 0 atom stereocenters. The second kappa shape index (κ2) is 6.84. The maximum Gasteiger partial charge on any atom is 0.250 e. The first-order valence-electron chi connectivity index (χ1n) is 8.90. The molecular formula is C17H21N7O2S.